The second-order valence-electron chi connectivity index (χ2n) is 5.95. The smallest absolute Gasteiger partial charge is 0.345 e. The second-order valence-corrected chi connectivity index (χ2v) is 6.89. The van der Waals surface area contributed by atoms with E-state index in [1.54, 1.807) is 18.4 Å². The van der Waals surface area contributed by atoms with Crippen LogP contribution in [0.3, 0.4) is 0 Å². The minimum absolute atomic E-state index is 0.102. The molecule has 0 saturated heterocycles. The van der Waals surface area contributed by atoms with E-state index in [4.69, 9.17) is 9.15 Å². The first-order chi connectivity index (χ1) is 13.0. The van der Waals surface area contributed by atoms with Crippen LogP contribution in [0.15, 0.2) is 38.9 Å². The molecule has 0 radical (unpaired) electrons. The molecule has 142 valence electrons. The third-order valence-corrected chi connectivity index (χ3v) is 5.13. The summed E-state index contributed by atoms with van der Waals surface area (Å²) in [6.45, 7) is 8.03. The summed E-state index contributed by atoms with van der Waals surface area (Å²) in [6.07, 6.45) is 0.102. The third-order valence-electron chi connectivity index (χ3n) is 4.28. The Morgan fingerprint density at radius 1 is 1.22 bits per heavy atom. The highest BCUT2D eigenvalue weighted by Gasteiger charge is 2.14. The lowest BCUT2D eigenvalue weighted by atomic mass is 10.1. The summed E-state index contributed by atoms with van der Waals surface area (Å²) >= 11 is 1.33. The monoisotopic (exact) mass is 386 g/mol. The first kappa shape index (κ1) is 19.1. The number of carbonyl (C=O) groups is 1. The maximum Gasteiger partial charge on any atom is 0.345 e. The lowest BCUT2D eigenvalue weighted by Gasteiger charge is -2.20. The number of anilines is 1. The quantitative estimate of drug-likeness (QED) is 0.453. The molecule has 0 aliphatic rings. The molecule has 0 bridgehead atoms. The Hall–Kier alpha value is -2.67. The fourth-order valence-electron chi connectivity index (χ4n) is 2.92. The molecule has 3 aromatic rings. The van der Waals surface area contributed by atoms with Crippen molar-refractivity contribution in [1.29, 1.82) is 0 Å². The molecule has 0 unspecified atom stereocenters. The van der Waals surface area contributed by atoms with E-state index in [0.29, 0.717) is 28.5 Å². The molecule has 2 aromatic heterocycles. The molecule has 0 N–H and O–H groups in total. The number of rotatable bonds is 7. The Balaban J connectivity index is 1.93. The number of hydrogen-bond donors (Lipinski definition) is 0. The average Bonchev–Trinajstić information content (AvgIpc) is 3.10. The van der Waals surface area contributed by atoms with Gasteiger partial charge in [0.2, 0.25) is 0 Å². The normalized spacial score (nSPS) is 10.9. The van der Waals surface area contributed by atoms with Crippen LogP contribution in [-0.2, 0) is 16.0 Å². The summed E-state index contributed by atoms with van der Waals surface area (Å²) in [5.74, 6) is -0.326. The van der Waals surface area contributed by atoms with Crippen LogP contribution in [0.1, 0.15) is 25.8 Å². The molecule has 7 heteroatoms. The number of fused-ring (bicyclic) bond motifs is 1. The van der Waals surface area contributed by atoms with Crippen LogP contribution < -0.4 is 10.5 Å². The van der Waals surface area contributed by atoms with E-state index < -0.39 is 5.63 Å². The molecule has 6 nitrogen and oxygen atoms in total. The van der Waals surface area contributed by atoms with Gasteiger partial charge in [0.25, 0.3) is 0 Å². The lowest BCUT2D eigenvalue weighted by Crippen LogP contribution is -2.21. The van der Waals surface area contributed by atoms with E-state index >= 15 is 0 Å². The summed E-state index contributed by atoms with van der Waals surface area (Å²) in [7, 11) is 0. The number of nitrogens with zero attached hydrogens (tertiary/aromatic N) is 2. The summed E-state index contributed by atoms with van der Waals surface area (Å²) in [6, 6.07) is 7.64. The van der Waals surface area contributed by atoms with Crippen molar-refractivity contribution >= 4 is 34.0 Å². The van der Waals surface area contributed by atoms with Crippen molar-refractivity contribution in [3.05, 3.63) is 45.1 Å². The van der Waals surface area contributed by atoms with Crippen molar-refractivity contribution in [2.24, 2.45) is 0 Å². The second kappa shape index (κ2) is 8.35. The van der Waals surface area contributed by atoms with E-state index in [-0.39, 0.29) is 12.4 Å². The highest BCUT2D eigenvalue weighted by atomic mass is 32.1. The van der Waals surface area contributed by atoms with E-state index in [1.807, 2.05) is 18.2 Å². The zero-order valence-electron chi connectivity index (χ0n) is 15.7. The topological polar surface area (TPSA) is 72.6 Å². The number of carbonyl (C=O) groups excluding carboxylic acids is 1. The molecule has 0 fully saturated rings. The Morgan fingerprint density at radius 3 is 2.70 bits per heavy atom. The number of ether oxygens (including phenoxy) is 1. The largest absolute Gasteiger partial charge is 0.466 e. The zero-order chi connectivity index (χ0) is 19.4. The van der Waals surface area contributed by atoms with E-state index in [0.717, 1.165) is 24.2 Å². The van der Waals surface area contributed by atoms with Crippen LogP contribution in [0.25, 0.3) is 22.2 Å². The van der Waals surface area contributed by atoms with Crippen LogP contribution in [0.5, 0.6) is 0 Å². The fraction of sp³-hybridized carbons (Fsp3) is 0.350. The molecular formula is C20H22N2O4S. The lowest BCUT2D eigenvalue weighted by molar-refractivity contribution is -0.142. The minimum Gasteiger partial charge on any atom is -0.466 e. The van der Waals surface area contributed by atoms with Crippen LogP contribution >= 0.6 is 11.3 Å². The molecule has 0 amide bonds. The van der Waals surface area contributed by atoms with Crippen LogP contribution in [-0.4, -0.2) is 30.6 Å². The van der Waals surface area contributed by atoms with E-state index in [1.165, 1.54) is 11.3 Å². The van der Waals surface area contributed by atoms with E-state index in [9.17, 15) is 9.59 Å². The number of esters is 1. The standard InChI is InChI=1S/C20H22N2O4S/c1-4-22(5-2)14-8-7-13-9-15(20(24)26-17(13)10-14)16-12-27-18(21-16)11-19(23)25-6-3/h7-10,12H,4-6,11H2,1-3H3. The van der Waals surface area contributed by atoms with E-state index in [2.05, 4.69) is 23.7 Å². The van der Waals surface area contributed by atoms with Gasteiger partial charge in [-0.2, -0.15) is 0 Å². The van der Waals surface area contributed by atoms with Gasteiger partial charge in [0.05, 0.1) is 24.3 Å². The van der Waals surface area contributed by atoms with Gasteiger partial charge in [-0.3, -0.25) is 4.79 Å². The SMILES string of the molecule is CCOC(=O)Cc1nc(-c2cc3ccc(N(CC)CC)cc3oc2=O)cs1. The van der Waals surface area contributed by atoms with Crippen LogP contribution in [0, 0.1) is 0 Å². The number of thiazole rings is 1. The predicted octanol–water partition coefficient (Wildman–Crippen LogP) is 3.87. The molecular weight excluding hydrogens is 364 g/mol. The molecule has 0 saturated carbocycles. The van der Waals surface area contributed by atoms with Gasteiger partial charge in [0.15, 0.2) is 0 Å². The molecule has 3 rings (SSSR count). The van der Waals surface area contributed by atoms with Crippen molar-refractivity contribution in [2.45, 2.75) is 27.2 Å². The number of hydrogen-bond acceptors (Lipinski definition) is 7. The van der Waals surface area contributed by atoms with Crippen LogP contribution in [0.4, 0.5) is 5.69 Å². The Morgan fingerprint density at radius 2 is 2.00 bits per heavy atom. The molecule has 0 aliphatic heterocycles. The summed E-state index contributed by atoms with van der Waals surface area (Å²) in [4.78, 5) is 30.7. The maximum atomic E-state index is 12.5. The van der Waals surface area contributed by atoms with Crippen LogP contribution in [0.2, 0.25) is 0 Å². The van der Waals surface area contributed by atoms with Crippen molar-refractivity contribution in [2.75, 3.05) is 24.6 Å². The molecule has 27 heavy (non-hydrogen) atoms. The van der Waals surface area contributed by atoms with Gasteiger partial charge in [-0.15, -0.1) is 11.3 Å². The summed E-state index contributed by atoms with van der Waals surface area (Å²) in [5, 5.41) is 3.21. The molecule has 0 atom stereocenters. The summed E-state index contributed by atoms with van der Waals surface area (Å²) in [5.41, 5.74) is 2.04. The maximum absolute atomic E-state index is 12.5. The van der Waals surface area contributed by atoms with Gasteiger partial charge in [0.1, 0.15) is 10.6 Å². The minimum atomic E-state index is -0.438. The third kappa shape index (κ3) is 4.19. The molecule has 0 spiro atoms. The van der Waals surface area contributed by atoms with Gasteiger partial charge in [-0.25, -0.2) is 9.78 Å². The Labute approximate surface area is 161 Å². The highest BCUT2D eigenvalue weighted by molar-refractivity contribution is 7.10. The first-order valence-electron chi connectivity index (χ1n) is 8.98. The number of aromatic nitrogens is 1. The Kier molecular flexibility index (Phi) is 5.91. The fourth-order valence-corrected chi connectivity index (χ4v) is 3.69. The van der Waals surface area contributed by atoms with Crippen molar-refractivity contribution < 1.29 is 13.9 Å². The average molecular weight is 386 g/mol. The van der Waals surface area contributed by atoms with Gasteiger partial charge in [0, 0.05) is 35.6 Å². The predicted molar refractivity (Wildman–Crippen MR) is 107 cm³/mol. The molecule has 2 heterocycles. The Bertz CT molecular complexity index is 1000. The van der Waals surface area contributed by atoms with Gasteiger partial charge >= 0.3 is 11.6 Å². The number of benzene rings is 1. The van der Waals surface area contributed by atoms with Crippen molar-refractivity contribution in [3.63, 3.8) is 0 Å². The molecule has 0 aliphatic carbocycles. The van der Waals surface area contributed by atoms with Gasteiger partial charge in [-0.05, 0) is 39.0 Å². The van der Waals surface area contributed by atoms with Gasteiger partial charge < -0.3 is 14.1 Å². The summed E-state index contributed by atoms with van der Waals surface area (Å²) < 4.78 is 10.5. The van der Waals surface area contributed by atoms with Gasteiger partial charge in [-0.1, -0.05) is 0 Å². The first-order valence-corrected chi connectivity index (χ1v) is 9.86. The van der Waals surface area contributed by atoms with Crippen molar-refractivity contribution in [1.82, 2.24) is 4.98 Å². The van der Waals surface area contributed by atoms with Crippen molar-refractivity contribution in [3.8, 4) is 11.3 Å². The molecule has 1 aromatic carbocycles. The highest BCUT2D eigenvalue weighted by Crippen LogP contribution is 2.26. The zero-order valence-corrected chi connectivity index (χ0v) is 16.5.